The summed E-state index contributed by atoms with van der Waals surface area (Å²) in [5.74, 6) is -1.71. The van der Waals surface area contributed by atoms with Crippen molar-refractivity contribution >= 4 is 29.1 Å². The second kappa shape index (κ2) is 8.18. The van der Waals surface area contributed by atoms with Crippen molar-refractivity contribution in [2.24, 2.45) is 7.05 Å². The molecule has 0 aliphatic heterocycles. The van der Waals surface area contributed by atoms with Crippen molar-refractivity contribution in [1.29, 1.82) is 0 Å². The number of alkyl halides is 4. The van der Waals surface area contributed by atoms with Crippen molar-refractivity contribution in [1.82, 2.24) is 9.13 Å². The van der Waals surface area contributed by atoms with E-state index in [-0.39, 0.29) is 25.1 Å². The Kier molecular flexibility index (Phi) is 6.58. The number of benzene rings is 1. The SMILES string of the molecule is CC(=O)C(Sc1cc(-n2c(=O)cc(C(F)(F)F)n(C)c2=O)c(F)cc1Cl)C(C)(C)F. The van der Waals surface area contributed by atoms with Gasteiger partial charge >= 0.3 is 11.9 Å². The number of thioether (sulfide) groups is 1. The fraction of sp³-hybridized carbons (Fsp3) is 0.389. The Morgan fingerprint density at radius 3 is 2.17 bits per heavy atom. The fourth-order valence-corrected chi connectivity index (χ4v) is 4.07. The van der Waals surface area contributed by atoms with Crippen LogP contribution in [0.5, 0.6) is 0 Å². The molecular weight excluding hydrogens is 455 g/mol. The molecule has 1 unspecified atom stereocenters. The summed E-state index contributed by atoms with van der Waals surface area (Å²) in [6, 6.07) is 1.80. The first-order valence-electron chi connectivity index (χ1n) is 8.31. The van der Waals surface area contributed by atoms with Gasteiger partial charge in [-0.05, 0) is 32.9 Å². The maximum absolute atomic E-state index is 14.5. The van der Waals surface area contributed by atoms with Gasteiger partial charge in [0.1, 0.15) is 28.2 Å². The lowest BCUT2D eigenvalue weighted by molar-refractivity contribution is -0.144. The smallest absolute Gasteiger partial charge is 0.299 e. The highest BCUT2D eigenvalue weighted by Crippen LogP contribution is 2.38. The van der Waals surface area contributed by atoms with Crippen molar-refractivity contribution in [2.45, 2.75) is 42.8 Å². The van der Waals surface area contributed by atoms with Crippen molar-refractivity contribution in [3.05, 3.63) is 55.6 Å². The zero-order valence-corrected chi connectivity index (χ0v) is 17.7. The van der Waals surface area contributed by atoms with E-state index in [1.807, 2.05) is 0 Å². The lowest BCUT2D eigenvalue weighted by Crippen LogP contribution is -2.41. The highest BCUT2D eigenvalue weighted by Gasteiger charge is 2.36. The number of ketones is 1. The molecule has 0 saturated carbocycles. The topological polar surface area (TPSA) is 61.1 Å². The van der Waals surface area contributed by atoms with Gasteiger partial charge < -0.3 is 0 Å². The molecule has 1 aromatic carbocycles. The van der Waals surface area contributed by atoms with Gasteiger partial charge in [-0.15, -0.1) is 11.8 Å². The fourth-order valence-electron chi connectivity index (χ4n) is 2.73. The summed E-state index contributed by atoms with van der Waals surface area (Å²) in [5, 5.41) is -1.48. The Balaban J connectivity index is 2.73. The first-order chi connectivity index (χ1) is 13.6. The normalized spacial score (nSPS) is 13.4. The summed E-state index contributed by atoms with van der Waals surface area (Å²) in [6.07, 6.45) is -4.98. The summed E-state index contributed by atoms with van der Waals surface area (Å²) in [4.78, 5) is 36.4. The molecular formula is C18H16ClF5N2O3S. The minimum Gasteiger partial charge on any atom is -0.299 e. The third-order valence-corrected chi connectivity index (χ3v) is 6.23. The molecule has 5 nitrogen and oxygen atoms in total. The zero-order valence-electron chi connectivity index (χ0n) is 16.1. The Morgan fingerprint density at radius 1 is 1.13 bits per heavy atom. The highest BCUT2D eigenvalue weighted by molar-refractivity contribution is 8.00. The number of Topliss-reactive ketones (excluding diaryl/α,β-unsaturated/α-hetero) is 1. The van der Waals surface area contributed by atoms with E-state index in [0.29, 0.717) is 11.8 Å². The molecule has 30 heavy (non-hydrogen) atoms. The molecule has 0 amide bonds. The van der Waals surface area contributed by atoms with Crippen molar-refractivity contribution in [3.8, 4) is 5.69 Å². The first-order valence-corrected chi connectivity index (χ1v) is 9.57. The third-order valence-electron chi connectivity index (χ3n) is 4.09. The molecule has 0 spiro atoms. The van der Waals surface area contributed by atoms with Crippen molar-refractivity contribution < 1.29 is 26.7 Å². The second-order valence-electron chi connectivity index (χ2n) is 6.95. The van der Waals surface area contributed by atoms with Crippen LogP contribution in [0.1, 0.15) is 26.5 Å². The van der Waals surface area contributed by atoms with E-state index in [1.54, 1.807) is 0 Å². The van der Waals surface area contributed by atoms with E-state index in [1.165, 1.54) is 0 Å². The Labute approximate surface area is 176 Å². The Bertz CT molecular complexity index is 1120. The second-order valence-corrected chi connectivity index (χ2v) is 8.50. The standard InChI is InChI=1S/C18H16ClF5N2O3S/c1-8(27)15(17(2,3)21)30-12-6-11(10(20)5-9(12)19)26-14(28)7-13(18(22,23)24)25(4)16(26)29/h5-7,15H,1-4H3. The average Bonchev–Trinajstić information content (AvgIpc) is 2.56. The van der Waals surface area contributed by atoms with Gasteiger partial charge in [0.25, 0.3) is 5.56 Å². The van der Waals surface area contributed by atoms with Gasteiger partial charge in [0, 0.05) is 18.0 Å². The van der Waals surface area contributed by atoms with Gasteiger partial charge in [-0.2, -0.15) is 13.2 Å². The monoisotopic (exact) mass is 470 g/mol. The molecule has 1 atom stereocenters. The van der Waals surface area contributed by atoms with Crippen LogP contribution in [0.4, 0.5) is 22.0 Å². The molecule has 0 bridgehead atoms. The molecule has 1 heterocycles. The Morgan fingerprint density at radius 2 is 1.70 bits per heavy atom. The first kappa shape index (κ1) is 24.1. The minimum absolute atomic E-state index is 0.0344. The summed E-state index contributed by atoms with van der Waals surface area (Å²) >= 11 is 6.61. The van der Waals surface area contributed by atoms with E-state index in [0.717, 1.165) is 40.0 Å². The Hall–Kier alpha value is -2.14. The quantitative estimate of drug-likeness (QED) is 0.486. The van der Waals surface area contributed by atoms with Crippen molar-refractivity contribution in [2.75, 3.05) is 0 Å². The number of aromatic nitrogens is 2. The average molecular weight is 471 g/mol. The number of carbonyl (C=O) groups excluding carboxylic acids is 1. The number of halogens is 6. The van der Waals surface area contributed by atoms with Crippen molar-refractivity contribution in [3.63, 3.8) is 0 Å². The van der Waals surface area contributed by atoms with Crippen LogP contribution in [0, 0.1) is 5.82 Å². The van der Waals surface area contributed by atoms with E-state index in [2.05, 4.69) is 0 Å². The minimum atomic E-state index is -4.98. The maximum atomic E-state index is 14.5. The highest BCUT2D eigenvalue weighted by atomic mass is 35.5. The summed E-state index contributed by atoms with van der Waals surface area (Å²) < 4.78 is 68.3. The zero-order chi connectivity index (χ0) is 23.2. The predicted octanol–water partition coefficient (Wildman–Crippen LogP) is 4.15. The number of rotatable bonds is 5. The molecule has 164 valence electrons. The molecule has 12 heteroatoms. The van der Waals surface area contributed by atoms with Gasteiger partial charge in [0.2, 0.25) is 0 Å². The molecule has 0 aliphatic rings. The molecule has 0 aliphatic carbocycles. The van der Waals surface area contributed by atoms with E-state index >= 15 is 0 Å². The van der Waals surface area contributed by atoms with Crippen LogP contribution in [0.15, 0.2) is 32.7 Å². The van der Waals surface area contributed by atoms with Gasteiger partial charge in [-0.25, -0.2) is 18.1 Å². The van der Waals surface area contributed by atoms with E-state index < -0.39 is 51.3 Å². The van der Waals surface area contributed by atoms with Gasteiger partial charge in [0.15, 0.2) is 0 Å². The molecule has 0 radical (unpaired) electrons. The maximum Gasteiger partial charge on any atom is 0.431 e. The van der Waals surface area contributed by atoms with Gasteiger partial charge in [0.05, 0.1) is 10.7 Å². The molecule has 1 aromatic heterocycles. The van der Waals surface area contributed by atoms with Crippen LogP contribution in [0.25, 0.3) is 5.69 Å². The molecule has 2 rings (SSSR count). The summed E-state index contributed by atoms with van der Waals surface area (Å²) in [7, 11) is 0.780. The van der Waals surface area contributed by atoms with E-state index in [4.69, 9.17) is 11.6 Å². The third kappa shape index (κ3) is 4.77. The molecule has 0 N–H and O–H groups in total. The molecule has 2 aromatic rings. The van der Waals surface area contributed by atoms with Crippen LogP contribution in [0.3, 0.4) is 0 Å². The number of carbonyl (C=O) groups is 1. The lowest BCUT2D eigenvalue weighted by atomic mass is 10.0. The molecule has 0 fully saturated rings. The summed E-state index contributed by atoms with van der Waals surface area (Å²) in [6.45, 7) is 3.45. The van der Waals surface area contributed by atoms with Gasteiger partial charge in [-0.3, -0.25) is 14.2 Å². The molecule has 0 saturated heterocycles. The largest absolute Gasteiger partial charge is 0.431 e. The van der Waals surface area contributed by atoms with Crippen LogP contribution in [0.2, 0.25) is 5.02 Å². The number of nitrogens with zero attached hydrogens (tertiary/aromatic N) is 2. The van der Waals surface area contributed by atoms with Crippen LogP contribution in [-0.2, 0) is 18.0 Å². The number of hydrogen-bond acceptors (Lipinski definition) is 4. The van der Waals surface area contributed by atoms with Gasteiger partial charge in [-0.1, -0.05) is 11.6 Å². The van der Waals surface area contributed by atoms with Crippen LogP contribution < -0.4 is 11.2 Å². The number of hydrogen-bond donors (Lipinski definition) is 0. The van der Waals surface area contributed by atoms with Crippen LogP contribution in [-0.4, -0.2) is 25.8 Å². The van der Waals surface area contributed by atoms with Crippen LogP contribution >= 0.6 is 23.4 Å². The van der Waals surface area contributed by atoms with E-state index in [9.17, 15) is 36.3 Å². The summed E-state index contributed by atoms with van der Waals surface area (Å²) in [5.41, 5.74) is -7.04. The predicted molar refractivity (Wildman–Crippen MR) is 103 cm³/mol. The lowest BCUT2D eigenvalue weighted by Gasteiger charge is -2.24.